The minimum absolute atomic E-state index is 0.0299. The third-order valence-electron chi connectivity index (χ3n) is 5.45. The molecule has 1 N–H and O–H groups in total. The van der Waals surface area contributed by atoms with Crippen LogP contribution in [0.4, 0.5) is 5.69 Å². The molecule has 1 aliphatic heterocycles. The summed E-state index contributed by atoms with van der Waals surface area (Å²) in [6, 6.07) is 18.2. The van der Waals surface area contributed by atoms with Gasteiger partial charge < -0.3 is 10.2 Å². The van der Waals surface area contributed by atoms with Crippen LogP contribution >= 0.6 is 0 Å². The number of hydrogen-bond donors (Lipinski definition) is 1. The second-order valence-corrected chi connectivity index (χ2v) is 7.67. The van der Waals surface area contributed by atoms with Gasteiger partial charge in [-0.1, -0.05) is 30.3 Å². The van der Waals surface area contributed by atoms with E-state index in [1.807, 2.05) is 59.5 Å². The summed E-state index contributed by atoms with van der Waals surface area (Å²) in [4.78, 5) is 14.8. The SMILES string of the molecule is O=C(CCc1cnn(-c2ccccc2)c1)Nc1ccc(CCN2CCCC2)cc1. The Morgan fingerprint density at radius 1 is 0.931 bits per heavy atom. The van der Waals surface area contributed by atoms with Crippen LogP contribution in [0.2, 0.25) is 0 Å². The number of nitrogens with one attached hydrogen (secondary N) is 1. The second-order valence-electron chi connectivity index (χ2n) is 7.67. The lowest BCUT2D eigenvalue weighted by Crippen LogP contribution is -2.21. The summed E-state index contributed by atoms with van der Waals surface area (Å²) >= 11 is 0. The normalized spacial score (nSPS) is 14.2. The van der Waals surface area contributed by atoms with Gasteiger partial charge in [0.25, 0.3) is 0 Å². The van der Waals surface area contributed by atoms with Crippen molar-refractivity contribution in [1.29, 1.82) is 0 Å². The summed E-state index contributed by atoms with van der Waals surface area (Å²) in [6.45, 7) is 3.60. The molecule has 4 rings (SSSR count). The lowest BCUT2D eigenvalue weighted by atomic mass is 10.1. The number of nitrogens with zero attached hydrogens (tertiary/aromatic N) is 3. The molecule has 29 heavy (non-hydrogen) atoms. The smallest absolute Gasteiger partial charge is 0.224 e. The highest BCUT2D eigenvalue weighted by atomic mass is 16.1. The van der Waals surface area contributed by atoms with E-state index in [0.717, 1.165) is 29.9 Å². The zero-order valence-corrected chi connectivity index (χ0v) is 16.8. The number of anilines is 1. The van der Waals surface area contributed by atoms with Crippen molar-refractivity contribution in [2.45, 2.75) is 32.1 Å². The molecule has 3 aromatic rings. The molecule has 1 amide bonds. The van der Waals surface area contributed by atoms with Gasteiger partial charge in [0.1, 0.15) is 0 Å². The van der Waals surface area contributed by atoms with Gasteiger partial charge in [-0.3, -0.25) is 4.79 Å². The molecule has 2 aromatic carbocycles. The van der Waals surface area contributed by atoms with E-state index < -0.39 is 0 Å². The van der Waals surface area contributed by atoms with Crippen LogP contribution in [-0.4, -0.2) is 40.2 Å². The van der Waals surface area contributed by atoms with Crippen molar-refractivity contribution in [1.82, 2.24) is 14.7 Å². The number of carbonyl (C=O) groups is 1. The van der Waals surface area contributed by atoms with Gasteiger partial charge in [-0.2, -0.15) is 5.10 Å². The molecule has 0 saturated carbocycles. The Hall–Kier alpha value is -2.92. The first kappa shape index (κ1) is 19.4. The molecular weight excluding hydrogens is 360 g/mol. The Morgan fingerprint density at radius 2 is 1.69 bits per heavy atom. The molecule has 0 bridgehead atoms. The molecule has 5 nitrogen and oxygen atoms in total. The van der Waals surface area contributed by atoms with Crippen LogP contribution in [0.3, 0.4) is 0 Å². The zero-order valence-electron chi connectivity index (χ0n) is 16.8. The predicted octanol–water partition coefficient (Wildman–Crippen LogP) is 4.08. The minimum Gasteiger partial charge on any atom is -0.326 e. The van der Waals surface area contributed by atoms with Crippen molar-refractivity contribution in [3.63, 3.8) is 0 Å². The molecule has 0 aliphatic carbocycles. The molecule has 0 spiro atoms. The zero-order chi connectivity index (χ0) is 19.9. The number of likely N-dealkylation sites (tertiary alicyclic amines) is 1. The van der Waals surface area contributed by atoms with Crippen LogP contribution in [0.15, 0.2) is 67.0 Å². The third kappa shape index (κ3) is 5.55. The molecule has 150 valence electrons. The molecule has 5 heteroatoms. The van der Waals surface area contributed by atoms with Gasteiger partial charge in [0.2, 0.25) is 5.91 Å². The van der Waals surface area contributed by atoms with Gasteiger partial charge in [-0.25, -0.2) is 4.68 Å². The fourth-order valence-corrected chi connectivity index (χ4v) is 3.74. The van der Waals surface area contributed by atoms with E-state index in [4.69, 9.17) is 0 Å². The highest BCUT2D eigenvalue weighted by Crippen LogP contribution is 2.14. The highest BCUT2D eigenvalue weighted by molar-refractivity contribution is 5.90. The largest absolute Gasteiger partial charge is 0.326 e. The number of carbonyl (C=O) groups excluding carboxylic acids is 1. The van der Waals surface area contributed by atoms with E-state index in [-0.39, 0.29) is 5.91 Å². The first-order chi connectivity index (χ1) is 14.3. The van der Waals surface area contributed by atoms with Crippen LogP contribution in [-0.2, 0) is 17.6 Å². The second kappa shape index (κ2) is 9.52. The fraction of sp³-hybridized carbons (Fsp3) is 0.333. The van der Waals surface area contributed by atoms with Crippen molar-refractivity contribution >= 4 is 11.6 Å². The van der Waals surface area contributed by atoms with Gasteiger partial charge in [0.15, 0.2) is 0 Å². The maximum absolute atomic E-state index is 12.3. The molecule has 1 fully saturated rings. The number of rotatable bonds is 8. The number of aryl methyl sites for hydroxylation is 1. The average molecular weight is 389 g/mol. The van der Waals surface area contributed by atoms with Crippen molar-refractivity contribution in [3.8, 4) is 5.69 Å². The minimum atomic E-state index is 0.0299. The lowest BCUT2D eigenvalue weighted by Gasteiger charge is -2.14. The van der Waals surface area contributed by atoms with Gasteiger partial charge in [0.05, 0.1) is 11.9 Å². The van der Waals surface area contributed by atoms with Crippen LogP contribution in [0.5, 0.6) is 0 Å². The van der Waals surface area contributed by atoms with Crippen molar-refractivity contribution in [2.75, 3.05) is 25.0 Å². The summed E-state index contributed by atoms with van der Waals surface area (Å²) in [7, 11) is 0. The summed E-state index contributed by atoms with van der Waals surface area (Å²) in [5.41, 5.74) is 4.26. The maximum atomic E-state index is 12.3. The Balaban J connectivity index is 1.23. The molecular formula is C24H28N4O. The summed E-state index contributed by atoms with van der Waals surface area (Å²) < 4.78 is 1.84. The average Bonchev–Trinajstić information content (AvgIpc) is 3.45. The van der Waals surface area contributed by atoms with Gasteiger partial charge in [0, 0.05) is 24.8 Å². The number of para-hydroxylation sites is 1. The van der Waals surface area contributed by atoms with E-state index in [9.17, 15) is 4.79 Å². The lowest BCUT2D eigenvalue weighted by molar-refractivity contribution is -0.116. The number of amides is 1. The van der Waals surface area contributed by atoms with Crippen molar-refractivity contribution in [2.24, 2.45) is 0 Å². The third-order valence-corrected chi connectivity index (χ3v) is 5.45. The van der Waals surface area contributed by atoms with Crippen LogP contribution < -0.4 is 5.32 Å². The molecule has 1 saturated heterocycles. The molecule has 0 radical (unpaired) electrons. The monoisotopic (exact) mass is 388 g/mol. The Morgan fingerprint density at radius 3 is 2.45 bits per heavy atom. The number of hydrogen-bond acceptors (Lipinski definition) is 3. The molecule has 1 aliphatic rings. The molecule has 1 aromatic heterocycles. The van der Waals surface area contributed by atoms with E-state index in [1.54, 1.807) is 0 Å². The maximum Gasteiger partial charge on any atom is 0.224 e. The van der Waals surface area contributed by atoms with Gasteiger partial charge in [-0.15, -0.1) is 0 Å². The summed E-state index contributed by atoms with van der Waals surface area (Å²) in [6.07, 6.45) is 8.66. The highest BCUT2D eigenvalue weighted by Gasteiger charge is 2.11. The van der Waals surface area contributed by atoms with Crippen molar-refractivity contribution < 1.29 is 4.79 Å². The molecule has 0 atom stereocenters. The van der Waals surface area contributed by atoms with Crippen LogP contribution in [0.25, 0.3) is 5.69 Å². The number of aromatic nitrogens is 2. The van der Waals surface area contributed by atoms with E-state index in [0.29, 0.717) is 12.8 Å². The fourth-order valence-electron chi connectivity index (χ4n) is 3.74. The first-order valence-electron chi connectivity index (χ1n) is 10.5. The van der Waals surface area contributed by atoms with E-state index in [2.05, 4.69) is 27.4 Å². The van der Waals surface area contributed by atoms with Gasteiger partial charge >= 0.3 is 0 Å². The quantitative estimate of drug-likeness (QED) is 0.633. The van der Waals surface area contributed by atoms with E-state index >= 15 is 0 Å². The Labute approximate surface area is 172 Å². The summed E-state index contributed by atoms with van der Waals surface area (Å²) in [5, 5.41) is 7.38. The van der Waals surface area contributed by atoms with Crippen LogP contribution in [0, 0.1) is 0 Å². The Kier molecular flexibility index (Phi) is 6.37. The first-order valence-corrected chi connectivity index (χ1v) is 10.5. The topological polar surface area (TPSA) is 50.2 Å². The van der Waals surface area contributed by atoms with Gasteiger partial charge in [-0.05, 0) is 74.2 Å². The molecule has 0 unspecified atom stereocenters. The van der Waals surface area contributed by atoms with Crippen LogP contribution in [0.1, 0.15) is 30.4 Å². The standard InChI is InChI=1S/C24H28N4O/c29-24(13-10-21-18-25-28(19-21)23-6-2-1-3-7-23)26-22-11-8-20(9-12-22)14-17-27-15-4-5-16-27/h1-3,6-9,11-12,18-19H,4-5,10,13-17H2,(H,26,29). The summed E-state index contributed by atoms with van der Waals surface area (Å²) in [5.74, 6) is 0.0299. The predicted molar refractivity (Wildman–Crippen MR) is 116 cm³/mol. The Bertz CT molecular complexity index is 912. The van der Waals surface area contributed by atoms with E-state index in [1.165, 1.54) is 31.5 Å². The molecule has 2 heterocycles. The number of benzene rings is 2. The van der Waals surface area contributed by atoms with Crippen molar-refractivity contribution in [3.05, 3.63) is 78.1 Å².